The molecule has 0 aliphatic heterocycles. The van der Waals surface area contributed by atoms with Gasteiger partial charge in [-0.3, -0.25) is 14.9 Å². The number of ether oxygens (including phenoxy) is 1. The van der Waals surface area contributed by atoms with E-state index >= 15 is 0 Å². The third kappa shape index (κ3) is 3.35. The molecule has 0 aromatic heterocycles. The smallest absolute Gasteiger partial charge is 0.343 e. The molecule has 0 heterocycles. The summed E-state index contributed by atoms with van der Waals surface area (Å²) in [7, 11) is 0. The van der Waals surface area contributed by atoms with Gasteiger partial charge in [-0.25, -0.2) is 4.79 Å². The van der Waals surface area contributed by atoms with Crippen LogP contribution in [0.1, 0.15) is 33.2 Å². The number of esters is 1. The van der Waals surface area contributed by atoms with Crippen molar-refractivity contribution in [3.63, 3.8) is 0 Å². The van der Waals surface area contributed by atoms with Crippen molar-refractivity contribution >= 4 is 17.4 Å². The maximum absolute atomic E-state index is 12.0. The number of aryl methyl sites for hydroxylation is 1. The van der Waals surface area contributed by atoms with Crippen molar-refractivity contribution in [2.24, 2.45) is 0 Å². The highest BCUT2D eigenvalue weighted by Crippen LogP contribution is 2.20. The van der Waals surface area contributed by atoms with Gasteiger partial charge in [-0.15, -0.1) is 0 Å². The maximum Gasteiger partial charge on any atom is 0.343 e. The minimum absolute atomic E-state index is 0.0534. The van der Waals surface area contributed by atoms with Crippen LogP contribution in [0.5, 0.6) is 5.75 Å². The Morgan fingerprint density at radius 3 is 2.14 bits per heavy atom. The molecule has 0 radical (unpaired) electrons. The van der Waals surface area contributed by atoms with Gasteiger partial charge in [0.1, 0.15) is 5.75 Å². The average molecular weight is 299 g/mol. The molecule has 2 rings (SSSR count). The molecule has 0 unspecified atom stereocenters. The van der Waals surface area contributed by atoms with Crippen LogP contribution in [0.4, 0.5) is 5.69 Å². The molecule has 112 valence electrons. The molecule has 6 nitrogen and oxygen atoms in total. The van der Waals surface area contributed by atoms with Gasteiger partial charge < -0.3 is 4.74 Å². The van der Waals surface area contributed by atoms with Gasteiger partial charge in [-0.05, 0) is 50.2 Å². The zero-order chi connectivity index (χ0) is 16.3. The van der Waals surface area contributed by atoms with Crippen LogP contribution in [0.25, 0.3) is 0 Å². The standard InChI is InChI=1S/C16H13NO5/c1-10-9-13(5-8-15(10)17(20)21)16(19)22-14-6-3-12(4-7-14)11(2)18/h3-9H,1-2H3. The number of nitro benzene ring substituents is 1. The van der Waals surface area contributed by atoms with Gasteiger partial charge in [-0.2, -0.15) is 0 Å². The predicted octanol–water partition coefficient (Wildman–Crippen LogP) is 3.33. The van der Waals surface area contributed by atoms with Crippen LogP contribution in [0.2, 0.25) is 0 Å². The largest absolute Gasteiger partial charge is 0.423 e. The Hall–Kier alpha value is -3.02. The molecule has 0 aliphatic rings. The highest BCUT2D eigenvalue weighted by Gasteiger charge is 2.15. The predicted molar refractivity (Wildman–Crippen MR) is 79.2 cm³/mol. The summed E-state index contributed by atoms with van der Waals surface area (Å²) in [6.45, 7) is 3.00. The van der Waals surface area contributed by atoms with Gasteiger partial charge >= 0.3 is 5.97 Å². The number of nitro groups is 1. The van der Waals surface area contributed by atoms with Crippen molar-refractivity contribution in [2.75, 3.05) is 0 Å². The molecule has 0 saturated carbocycles. The fourth-order valence-electron chi connectivity index (χ4n) is 1.91. The van der Waals surface area contributed by atoms with Crippen molar-refractivity contribution in [1.29, 1.82) is 0 Å². The number of ketones is 1. The van der Waals surface area contributed by atoms with Crippen molar-refractivity contribution in [2.45, 2.75) is 13.8 Å². The lowest BCUT2D eigenvalue weighted by Gasteiger charge is -2.06. The van der Waals surface area contributed by atoms with Crippen LogP contribution in [0, 0.1) is 17.0 Å². The summed E-state index contributed by atoms with van der Waals surface area (Å²) >= 11 is 0. The van der Waals surface area contributed by atoms with Gasteiger partial charge in [0.05, 0.1) is 10.5 Å². The van der Waals surface area contributed by atoms with Crippen LogP contribution >= 0.6 is 0 Å². The molecule has 0 atom stereocenters. The number of benzene rings is 2. The van der Waals surface area contributed by atoms with E-state index < -0.39 is 10.9 Å². The van der Waals surface area contributed by atoms with E-state index in [4.69, 9.17) is 4.74 Å². The second-order valence-electron chi connectivity index (χ2n) is 4.73. The van der Waals surface area contributed by atoms with Gasteiger partial charge in [0, 0.05) is 17.2 Å². The van der Waals surface area contributed by atoms with E-state index in [-0.39, 0.29) is 17.0 Å². The summed E-state index contributed by atoms with van der Waals surface area (Å²) in [4.78, 5) is 33.4. The summed E-state index contributed by atoms with van der Waals surface area (Å²) in [6, 6.07) is 10.2. The zero-order valence-corrected chi connectivity index (χ0v) is 12.0. The van der Waals surface area contributed by atoms with Crippen LogP contribution in [0.3, 0.4) is 0 Å². The highest BCUT2D eigenvalue weighted by atomic mass is 16.6. The highest BCUT2D eigenvalue weighted by molar-refractivity contribution is 5.94. The van der Waals surface area contributed by atoms with E-state index in [0.29, 0.717) is 16.9 Å². The van der Waals surface area contributed by atoms with E-state index in [2.05, 4.69) is 0 Å². The molecule has 0 amide bonds. The fourth-order valence-corrected chi connectivity index (χ4v) is 1.91. The Bertz CT molecular complexity index is 750. The minimum atomic E-state index is -0.617. The third-order valence-corrected chi connectivity index (χ3v) is 3.10. The first-order valence-electron chi connectivity index (χ1n) is 6.46. The number of carbonyl (C=O) groups excluding carboxylic acids is 2. The second kappa shape index (κ2) is 6.17. The van der Waals surface area contributed by atoms with E-state index in [0.717, 1.165) is 0 Å². The lowest BCUT2D eigenvalue weighted by molar-refractivity contribution is -0.385. The van der Waals surface area contributed by atoms with E-state index in [9.17, 15) is 19.7 Å². The quantitative estimate of drug-likeness (QED) is 0.284. The third-order valence-electron chi connectivity index (χ3n) is 3.10. The van der Waals surface area contributed by atoms with Crippen molar-refractivity contribution in [3.05, 3.63) is 69.3 Å². The number of nitrogens with zero attached hydrogens (tertiary/aromatic N) is 1. The summed E-state index contributed by atoms with van der Waals surface area (Å²) in [5.74, 6) is -0.400. The first kappa shape index (κ1) is 15.4. The lowest BCUT2D eigenvalue weighted by atomic mass is 10.1. The summed E-state index contributed by atoms with van der Waals surface area (Å²) < 4.78 is 5.17. The van der Waals surface area contributed by atoms with Crippen LogP contribution in [-0.2, 0) is 0 Å². The SMILES string of the molecule is CC(=O)c1ccc(OC(=O)c2ccc([N+](=O)[O-])c(C)c2)cc1. The zero-order valence-electron chi connectivity index (χ0n) is 12.0. The van der Waals surface area contributed by atoms with Gasteiger partial charge in [0.25, 0.3) is 5.69 Å². The summed E-state index contributed by atoms with van der Waals surface area (Å²) in [6.07, 6.45) is 0. The second-order valence-corrected chi connectivity index (χ2v) is 4.73. The molecular formula is C16H13NO5. The maximum atomic E-state index is 12.0. The van der Waals surface area contributed by atoms with Crippen LogP contribution in [0.15, 0.2) is 42.5 Å². The molecule has 0 spiro atoms. The van der Waals surface area contributed by atoms with E-state index in [1.807, 2.05) is 0 Å². The molecule has 0 fully saturated rings. The van der Waals surface area contributed by atoms with Gasteiger partial charge in [0.15, 0.2) is 5.78 Å². The molecule has 2 aromatic rings. The first-order valence-corrected chi connectivity index (χ1v) is 6.46. The molecule has 0 aliphatic carbocycles. The normalized spacial score (nSPS) is 10.1. The average Bonchev–Trinajstić information content (AvgIpc) is 2.47. The number of hydrogen-bond donors (Lipinski definition) is 0. The topological polar surface area (TPSA) is 86.5 Å². The molecule has 2 aromatic carbocycles. The lowest BCUT2D eigenvalue weighted by Crippen LogP contribution is -2.09. The molecular weight excluding hydrogens is 286 g/mol. The van der Waals surface area contributed by atoms with E-state index in [1.165, 1.54) is 37.3 Å². The molecule has 0 bridgehead atoms. The summed E-state index contributed by atoms with van der Waals surface area (Å²) in [5, 5.41) is 10.7. The fraction of sp³-hybridized carbons (Fsp3) is 0.125. The van der Waals surface area contributed by atoms with Crippen molar-refractivity contribution in [3.8, 4) is 5.75 Å². The Kier molecular flexibility index (Phi) is 4.31. The van der Waals surface area contributed by atoms with Crippen molar-refractivity contribution < 1.29 is 19.2 Å². The van der Waals surface area contributed by atoms with Crippen molar-refractivity contribution in [1.82, 2.24) is 0 Å². The van der Waals surface area contributed by atoms with E-state index in [1.54, 1.807) is 19.1 Å². The molecule has 6 heteroatoms. The van der Waals surface area contributed by atoms with Crippen LogP contribution in [-0.4, -0.2) is 16.7 Å². The Balaban J connectivity index is 2.17. The Labute approximate surface area is 126 Å². The first-order chi connectivity index (χ1) is 10.4. The van der Waals surface area contributed by atoms with Gasteiger partial charge in [-0.1, -0.05) is 0 Å². The number of carbonyl (C=O) groups is 2. The minimum Gasteiger partial charge on any atom is -0.423 e. The van der Waals surface area contributed by atoms with Crippen LogP contribution < -0.4 is 4.74 Å². The monoisotopic (exact) mass is 299 g/mol. The van der Waals surface area contributed by atoms with Gasteiger partial charge in [0.2, 0.25) is 0 Å². The Morgan fingerprint density at radius 1 is 1.05 bits per heavy atom. The molecule has 0 saturated heterocycles. The molecule has 0 N–H and O–H groups in total. The number of rotatable bonds is 4. The molecule has 22 heavy (non-hydrogen) atoms. The summed E-state index contributed by atoms with van der Waals surface area (Å²) in [5.41, 5.74) is 1.07. The number of Topliss-reactive ketones (excluding diaryl/α,β-unsaturated/α-hetero) is 1. The number of hydrogen-bond acceptors (Lipinski definition) is 5. The Morgan fingerprint density at radius 2 is 1.64 bits per heavy atom.